The molecule has 0 aromatic heterocycles. The van der Waals surface area contributed by atoms with E-state index in [4.69, 9.17) is 22.7 Å². The minimum Gasteiger partial charge on any atom is -0.496 e. The SMILES string of the molecule is COc1ccc(CN2CCNC(=O)C2(C)C)cc1C(N)=S. The molecular weight excluding hydrogens is 286 g/mol. The number of nitrogens with one attached hydrogen (secondary N) is 1. The second-order valence-corrected chi connectivity index (χ2v) is 6.08. The van der Waals surface area contributed by atoms with Gasteiger partial charge in [-0.2, -0.15) is 0 Å². The summed E-state index contributed by atoms with van der Waals surface area (Å²) in [5.74, 6) is 0.721. The fraction of sp³-hybridized carbons (Fsp3) is 0.467. The number of nitrogens with two attached hydrogens (primary N) is 1. The Labute approximate surface area is 130 Å². The largest absolute Gasteiger partial charge is 0.496 e. The van der Waals surface area contributed by atoms with Crippen LogP contribution in [0.4, 0.5) is 0 Å². The van der Waals surface area contributed by atoms with Gasteiger partial charge in [0.05, 0.1) is 18.2 Å². The molecule has 21 heavy (non-hydrogen) atoms. The van der Waals surface area contributed by atoms with Gasteiger partial charge in [-0.05, 0) is 31.5 Å². The molecule has 0 atom stereocenters. The van der Waals surface area contributed by atoms with Crippen molar-refractivity contribution in [3.05, 3.63) is 29.3 Å². The number of carbonyl (C=O) groups excluding carboxylic acids is 1. The van der Waals surface area contributed by atoms with Crippen molar-refractivity contribution in [2.45, 2.75) is 25.9 Å². The highest BCUT2D eigenvalue weighted by molar-refractivity contribution is 7.80. The molecule has 0 spiro atoms. The van der Waals surface area contributed by atoms with Crippen LogP contribution < -0.4 is 15.8 Å². The number of thiocarbonyl (C=S) groups is 1. The summed E-state index contributed by atoms with van der Waals surface area (Å²) in [4.78, 5) is 14.4. The van der Waals surface area contributed by atoms with Crippen LogP contribution in [0.1, 0.15) is 25.0 Å². The Morgan fingerprint density at radius 1 is 1.52 bits per heavy atom. The highest BCUT2D eigenvalue weighted by Crippen LogP contribution is 2.24. The molecule has 3 N–H and O–H groups in total. The maximum atomic E-state index is 12.0. The van der Waals surface area contributed by atoms with Gasteiger partial charge in [-0.15, -0.1) is 0 Å². The zero-order valence-electron chi connectivity index (χ0n) is 12.6. The Morgan fingerprint density at radius 2 is 2.24 bits per heavy atom. The zero-order chi connectivity index (χ0) is 15.6. The molecule has 1 saturated heterocycles. The summed E-state index contributed by atoms with van der Waals surface area (Å²) in [6, 6.07) is 5.77. The third-order valence-electron chi connectivity index (χ3n) is 3.92. The van der Waals surface area contributed by atoms with Crippen LogP contribution >= 0.6 is 12.2 Å². The number of amides is 1. The lowest BCUT2D eigenvalue weighted by Crippen LogP contribution is -2.61. The lowest BCUT2D eigenvalue weighted by atomic mass is 9.97. The highest BCUT2D eigenvalue weighted by atomic mass is 32.1. The molecule has 114 valence electrons. The van der Waals surface area contributed by atoms with Crippen molar-refractivity contribution >= 4 is 23.1 Å². The number of methoxy groups -OCH3 is 1. The lowest BCUT2D eigenvalue weighted by molar-refractivity contribution is -0.135. The van der Waals surface area contributed by atoms with Crippen molar-refractivity contribution < 1.29 is 9.53 Å². The summed E-state index contributed by atoms with van der Waals surface area (Å²) in [7, 11) is 1.59. The summed E-state index contributed by atoms with van der Waals surface area (Å²) in [5, 5.41) is 2.89. The van der Waals surface area contributed by atoms with Crippen LogP contribution in [0, 0.1) is 0 Å². The predicted octanol–water partition coefficient (Wildman–Crippen LogP) is 1.04. The maximum absolute atomic E-state index is 12.0. The minimum absolute atomic E-state index is 0.0526. The van der Waals surface area contributed by atoms with Crippen molar-refractivity contribution in [1.29, 1.82) is 0 Å². The first-order valence-corrected chi connectivity index (χ1v) is 7.27. The van der Waals surface area contributed by atoms with E-state index in [9.17, 15) is 4.79 Å². The summed E-state index contributed by atoms with van der Waals surface area (Å²) in [5.41, 5.74) is 7.00. The number of carbonyl (C=O) groups is 1. The monoisotopic (exact) mass is 307 g/mol. The van der Waals surface area contributed by atoms with Crippen LogP contribution in [0.15, 0.2) is 18.2 Å². The van der Waals surface area contributed by atoms with E-state index in [0.717, 1.165) is 17.7 Å². The van der Waals surface area contributed by atoms with Gasteiger partial charge in [0.15, 0.2) is 0 Å². The van der Waals surface area contributed by atoms with Crippen molar-refractivity contribution in [3.63, 3.8) is 0 Å². The average Bonchev–Trinajstić information content (AvgIpc) is 2.44. The molecule has 5 nitrogen and oxygen atoms in total. The molecule has 0 unspecified atom stereocenters. The normalized spacial score (nSPS) is 18.1. The summed E-state index contributed by atoms with van der Waals surface area (Å²) >= 11 is 5.06. The molecule has 2 rings (SSSR count). The van der Waals surface area contributed by atoms with Crippen molar-refractivity contribution in [3.8, 4) is 5.75 Å². The number of hydrogen-bond acceptors (Lipinski definition) is 4. The Kier molecular flexibility index (Phi) is 4.49. The molecule has 0 saturated carbocycles. The Hall–Kier alpha value is -1.66. The van der Waals surface area contributed by atoms with Crippen LogP contribution in [-0.4, -0.2) is 41.5 Å². The highest BCUT2D eigenvalue weighted by Gasteiger charge is 2.37. The quantitative estimate of drug-likeness (QED) is 0.814. The fourth-order valence-electron chi connectivity index (χ4n) is 2.49. The molecule has 1 fully saturated rings. The molecule has 1 heterocycles. The van der Waals surface area contributed by atoms with Crippen molar-refractivity contribution in [2.75, 3.05) is 20.2 Å². The Morgan fingerprint density at radius 3 is 2.86 bits per heavy atom. The van der Waals surface area contributed by atoms with E-state index in [-0.39, 0.29) is 5.91 Å². The van der Waals surface area contributed by atoms with Gasteiger partial charge in [0.1, 0.15) is 10.7 Å². The molecular formula is C15H21N3O2S. The van der Waals surface area contributed by atoms with Gasteiger partial charge >= 0.3 is 0 Å². The minimum atomic E-state index is -0.526. The Balaban J connectivity index is 2.25. The molecule has 0 radical (unpaired) electrons. The van der Waals surface area contributed by atoms with E-state index in [0.29, 0.717) is 23.8 Å². The first kappa shape index (κ1) is 15.7. The summed E-state index contributed by atoms with van der Waals surface area (Å²) < 4.78 is 5.26. The third-order valence-corrected chi connectivity index (χ3v) is 4.14. The topological polar surface area (TPSA) is 67.6 Å². The predicted molar refractivity (Wildman–Crippen MR) is 86.4 cm³/mol. The Bertz CT molecular complexity index is 572. The molecule has 1 aromatic carbocycles. The number of rotatable bonds is 4. The number of ether oxygens (including phenoxy) is 1. The molecule has 6 heteroatoms. The van der Waals surface area contributed by atoms with Crippen LogP contribution in [0.25, 0.3) is 0 Å². The number of hydrogen-bond donors (Lipinski definition) is 2. The number of nitrogens with zero attached hydrogens (tertiary/aromatic N) is 1. The maximum Gasteiger partial charge on any atom is 0.240 e. The molecule has 0 bridgehead atoms. The van der Waals surface area contributed by atoms with Gasteiger partial charge in [0, 0.05) is 19.6 Å². The van der Waals surface area contributed by atoms with Crippen LogP contribution in [0.2, 0.25) is 0 Å². The average molecular weight is 307 g/mol. The van der Waals surface area contributed by atoms with E-state index < -0.39 is 5.54 Å². The van der Waals surface area contributed by atoms with Gasteiger partial charge in [0.2, 0.25) is 5.91 Å². The van der Waals surface area contributed by atoms with Crippen molar-refractivity contribution in [2.24, 2.45) is 5.73 Å². The van der Waals surface area contributed by atoms with Crippen LogP contribution in [-0.2, 0) is 11.3 Å². The van der Waals surface area contributed by atoms with Gasteiger partial charge < -0.3 is 15.8 Å². The molecule has 1 aromatic rings. The second kappa shape index (κ2) is 5.99. The molecule has 1 aliphatic rings. The number of piperazine rings is 1. The molecule has 1 amide bonds. The van der Waals surface area contributed by atoms with Crippen LogP contribution in [0.5, 0.6) is 5.75 Å². The summed E-state index contributed by atoms with van der Waals surface area (Å²) in [6.45, 7) is 6.01. The fourth-order valence-corrected chi connectivity index (χ4v) is 2.65. The molecule has 0 aliphatic carbocycles. The third kappa shape index (κ3) is 3.16. The first-order chi connectivity index (χ1) is 9.86. The van der Waals surface area contributed by atoms with E-state index >= 15 is 0 Å². The van der Waals surface area contributed by atoms with Gasteiger partial charge in [-0.1, -0.05) is 18.3 Å². The van der Waals surface area contributed by atoms with E-state index in [2.05, 4.69) is 10.2 Å². The smallest absolute Gasteiger partial charge is 0.240 e. The van der Waals surface area contributed by atoms with E-state index in [1.165, 1.54) is 0 Å². The van der Waals surface area contributed by atoms with E-state index in [1.54, 1.807) is 7.11 Å². The van der Waals surface area contributed by atoms with E-state index in [1.807, 2.05) is 32.0 Å². The standard InChI is InChI=1S/C15H21N3O2S/c1-15(2)14(19)17-6-7-18(15)9-10-4-5-12(20-3)11(8-10)13(16)21/h4-5,8H,6-7,9H2,1-3H3,(H2,16,21)(H,17,19). The summed E-state index contributed by atoms with van der Waals surface area (Å²) in [6.07, 6.45) is 0. The zero-order valence-corrected chi connectivity index (χ0v) is 13.4. The van der Waals surface area contributed by atoms with Gasteiger partial charge in [-0.25, -0.2) is 0 Å². The van der Waals surface area contributed by atoms with Gasteiger partial charge in [0.25, 0.3) is 0 Å². The lowest BCUT2D eigenvalue weighted by Gasteiger charge is -2.41. The number of benzene rings is 1. The molecule has 1 aliphatic heterocycles. The first-order valence-electron chi connectivity index (χ1n) is 6.86. The van der Waals surface area contributed by atoms with Crippen molar-refractivity contribution in [1.82, 2.24) is 10.2 Å². The van der Waals surface area contributed by atoms with Gasteiger partial charge in [-0.3, -0.25) is 9.69 Å². The van der Waals surface area contributed by atoms with Crippen LogP contribution in [0.3, 0.4) is 0 Å². The second-order valence-electron chi connectivity index (χ2n) is 5.64.